The Labute approximate surface area is 81.5 Å². The highest BCUT2D eigenvalue weighted by Gasteiger charge is 2.15. The third kappa shape index (κ3) is 1.15. The summed E-state index contributed by atoms with van der Waals surface area (Å²) in [5.74, 6) is 0.396. The van der Waals surface area contributed by atoms with Crippen LogP contribution in [0, 0.1) is 0 Å². The largest absolute Gasteiger partial charge is 0.376 e. The van der Waals surface area contributed by atoms with Crippen molar-refractivity contribution >= 4 is 17.3 Å². The third-order valence-corrected chi connectivity index (χ3v) is 2.12. The summed E-state index contributed by atoms with van der Waals surface area (Å²) in [5.41, 5.74) is 7.55. The number of hydrogen-bond donors (Lipinski definition) is 1. The van der Waals surface area contributed by atoms with Gasteiger partial charge in [-0.3, -0.25) is 0 Å². The van der Waals surface area contributed by atoms with E-state index >= 15 is 0 Å². The molecule has 2 aromatic rings. The maximum Gasteiger partial charge on any atom is 0.355 e. The number of nitrogen functional groups attached to an aromatic ring is 1. The summed E-state index contributed by atoms with van der Waals surface area (Å²) in [6, 6.07) is 1.98. The molecule has 0 aromatic carbocycles. The standard InChI is InChI=1S/C8H13N6/c1-12(2)6-4-7-13(3)11-8(9)14(7)10-5-6/h4-5H,1-3H3,(H2,9,11)/q+1. The molecular weight excluding hydrogens is 180 g/mol. The smallest absolute Gasteiger partial charge is 0.355 e. The molecule has 74 valence electrons. The molecule has 2 N–H and O–H groups in total. The highest BCUT2D eigenvalue weighted by atomic mass is 15.4. The number of anilines is 2. The van der Waals surface area contributed by atoms with Crippen LogP contribution in [0.4, 0.5) is 11.6 Å². The molecule has 0 fully saturated rings. The minimum Gasteiger partial charge on any atom is -0.376 e. The van der Waals surface area contributed by atoms with Crippen LogP contribution in [0.15, 0.2) is 12.3 Å². The summed E-state index contributed by atoms with van der Waals surface area (Å²) < 4.78 is 3.31. The van der Waals surface area contributed by atoms with Gasteiger partial charge in [-0.1, -0.05) is 9.61 Å². The number of aromatic nitrogens is 4. The Kier molecular flexibility index (Phi) is 1.77. The monoisotopic (exact) mass is 193 g/mol. The van der Waals surface area contributed by atoms with E-state index in [1.165, 1.54) is 0 Å². The van der Waals surface area contributed by atoms with Crippen molar-refractivity contribution in [2.24, 2.45) is 7.05 Å². The molecule has 14 heavy (non-hydrogen) atoms. The van der Waals surface area contributed by atoms with Gasteiger partial charge in [0.2, 0.25) is 0 Å². The summed E-state index contributed by atoms with van der Waals surface area (Å²) in [7, 11) is 5.77. The van der Waals surface area contributed by atoms with Crippen LogP contribution >= 0.6 is 0 Å². The van der Waals surface area contributed by atoms with Crippen molar-refractivity contribution < 1.29 is 4.68 Å². The van der Waals surface area contributed by atoms with Crippen molar-refractivity contribution in [3.8, 4) is 0 Å². The first-order chi connectivity index (χ1) is 6.59. The van der Waals surface area contributed by atoms with Gasteiger partial charge in [0, 0.05) is 14.1 Å². The molecule has 0 aliphatic carbocycles. The average Bonchev–Trinajstić information content (AvgIpc) is 2.42. The molecule has 0 saturated carbocycles. The van der Waals surface area contributed by atoms with Gasteiger partial charge in [-0.05, 0) is 5.10 Å². The second-order valence-corrected chi connectivity index (χ2v) is 3.36. The Morgan fingerprint density at radius 3 is 2.86 bits per heavy atom. The zero-order valence-electron chi connectivity index (χ0n) is 8.47. The third-order valence-electron chi connectivity index (χ3n) is 2.12. The molecule has 0 spiro atoms. The molecule has 0 aliphatic heterocycles. The Morgan fingerprint density at radius 2 is 2.21 bits per heavy atom. The quantitative estimate of drug-likeness (QED) is 0.602. The summed E-state index contributed by atoms with van der Waals surface area (Å²) >= 11 is 0. The van der Waals surface area contributed by atoms with Gasteiger partial charge < -0.3 is 10.6 Å². The normalized spacial score (nSPS) is 10.8. The molecule has 0 atom stereocenters. The van der Waals surface area contributed by atoms with Gasteiger partial charge in [-0.2, -0.15) is 0 Å². The number of nitrogens with zero attached hydrogens (tertiary/aromatic N) is 5. The summed E-state index contributed by atoms with van der Waals surface area (Å²) in [5, 5.41) is 8.26. The Balaban J connectivity index is 2.71. The number of fused-ring (bicyclic) bond motifs is 1. The summed E-state index contributed by atoms with van der Waals surface area (Å²) in [4.78, 5) is 1.98. The van der Waals surface area contributed by atoms with Gasteiger partial charge in [-0.15, -0.1) is 4.68 Å². The number of aryl methyl sites for hydroxylation is 1. The zero-order valence-corrected chi connectivity index (χ0v) is 8.47. The van der Waals surface area contributed by atoms with Crippen LogP contribution in [0.5, 0.6) is 0 Å². The van der Waals surface area contributed by atoms with Gasteiger partial charge in [0.05, 0.1) is 18.0 Å². The molecule has 0 saturated heterocycles. The second-order valence-electron chi connectivity index (χ2n) is 3.36. The van der Waals surface area contributed by atoms with Gasteiger partial charge in [0.25, 0.3) is 0 Å². The number of nitrogens with two attached hydrogens (primary N) is 1. The molecule has 0 amide bonds. The maximum absolute atomic E-state index is 5.66. The predicted molar refractivity (Wildman–Crippen MR) is 52.9 cm³/mol. The SMILES string of the molecule is CN(C)c1cnn2c(N)n[n+](C)c2c1. The molecule has 6 nitrogen and oxygen atoms in total. The molecule has 2 rings (SSSR count). The van der Waals surface area contributed by atoms with Crippen LogP contribution in [0.25, 0.3) is 5.65 Å². The fourth-order valence-electron chi connectivity index (χ4n) is 1.31. The van der Waals surface area contributed by atoms with E-state index in [-0.39, 0.29) is 0 Å². The van der Waals surface area contributed by atoms with Crippen molar-refractivity contribution in [2.75, 3.05) is 24.7 Å². The molecule has 2 heterocycles. The molecule has 0 aliphatic rings. The van der Waals surface area contributed by atoms with E-state index in [1.807, 2.05) is 32.1 Å². The van der Waals surface area contributed by atoms with Crippen LogP contribution in [-0.4, -0.2) is 28.8 Å². The van der Waals surface area contributed by atoms with Crippen LogP contribution in [0.2, 0.25) is 0 Å². The lowest BCUT2D eigenvalue weighted by Crippen LogP contribution is -2.30. The minimum absolute atomic E-state index is 0.396. The van der Waals surface area contributed by atoms with Gasteiger partial charge >= 0.3 is 11.6 Å². The van der Waals surface area contributed by atoms with Crippen molar-refractivity contribution in [3.63, 3.8) is 0 Å². The zero-order chi connectivity index (χ0) is 10.3. The molecule has 6 heteroatoms. The lowest BCUT2D eigenvalue weighted by Gasteiger charge is -2.09. The minimum atomic E-state index is 0.396. The summed E-state index contributed by atoms with van der Waals surface area (Å²) in [6.45, 7) is 0. The topological polar surface area (TPSA) is 63.3 Å². The maximum atomic E-state index is 5.66. The Hall–Kier alpha value is -1.85. The number of hydrogen-bond acceptors (Lipinski definition) is 4. The van der Waals surface area contributed by atoms with Crippen LogP contribution < -0.4 is 15.3 Å². The van der Waals surface area contributed by atoms with Crippen LogP contribution in [-0.2, 0) is 7.05 Å². The fourth-order valence-corrected chi connectivity index (χ4v) is 1.31. The van der Waals surface area contributed by atoms with E-state index < -0.39 is 0 Å². The number of rotatable bonds is 1. The first-order valence-electron chi connectivity index (χ1n) is 4.27. The van der Waals surface area contributed by atoms with E-state index in [2.05, 4.69) is 10.2 Å². The summed E-state index contributed by atoms with van der Waals surface area (Å²) in [6.07, 6.45) is 1.76. The molecule has 0 bridgehead atoms. The fraction of sp³-hybridized carbons (Fsp3) is 0.375. The Bertz CT molecular complexity index is 472. The molecule has 2 aromatic heterocycles. The van der Waals surface area contributed by atoms with E-state index in [4.69, 9.17) is 5.73 Å². The van der Waals surface area contributed by atoms with Crippen molar-refractivity contribution in [2.45, 2.75) is 0 Å². The van der Waals surface area contributed by atoms with Crippen LogP contribution in [0.3, 0.4) is 0 Å². The van der Waals surface area contributed by atoms with E-state index in [0.29, 0.717) is 5.95 Å². The van der Waals surface area contributed by atoms with Crippen molar-refractivity contribution in [1.29, 1.82) is 0 Å². The highest BCUT2D eigenvalue weighted by Crippen LogP contribution is 2.11. The van der Waals surface area contributed by atoms with E-state index in [0.717, 1.165) is 11.3 Å². The highest BCUT2D eigenvalue weighted by molar-refractivity contribution is 5.52. The van der Waals surface area contributed by atoms with E-state index in [1.54, 1.807) is 15.4 Å². The lowest BCUT2D eigenvalue weighted by molar-refractivity contribution is -0.703. The Morgan fingerprint density at radius 1 is 1.50 bits per heavy atom. The molecular formula is C8H13N6+. The average molecular weight is 193 g/mol. The second kappa shape index (κ2) is 2.83. The first kappa shape index (κ1) is 8.74. The lowest BCUT2D eigenvalue weighted by atomic mass is 10.4. The molecule has 0 unspecified atom stereocenters. The predicted octanol–water partition coefficient (Wildman–Crippen LogP) is -0.798. The van der Waals surface area contributed by atoms with Gasteiger partial charge in [-0.25, -0.2) is 0 Å². The van der Waals surface area contributed by atoms with Gasteiger partial charge in [0.1, 0.15) is 7.05 Å². The van der Waals surface area contributed by atoms with Crippen molar-refractivity contribution in [3.05, 3.63) is 12.3 Å². The molecule has 0 radical (unpaired) electrons. The van der Waals surface area contributed by atoms with E-state index in [9.17, 15) is 0 Å². The van der Waals surface area contributed by atoms with Crippen molar-refractivity contribution in [1.82, 2.24) is 14.7 Å². The van der Waals surface area contributed by atoms with Gasteiger partial charge in [0.15, 0.2) is 0 Å². The van der Waals surface area contributed by atoms with Crippen LogP contribution in [0.1, 0.15) is 0 Å². The first-order valence-corrected chi connectivity index (χ1v) is 4.27.